The number of rotatable bonds is 5. The van der Waals surface area contributed by atoms with Crippen LogP contribution in [0.5, 0.6) is 0 Å². The Balaban J connectivity index is 0.00000259. The second-order valence-electron chi connectivity index (χ2n) is 8.25. The normalized spacial score (nSPS) is 15.1. The molecule has 0 bridgehead atoms. The van der Waals surface area contributed by atoms with Gasteiger partial charge in [0.2, 0.25) is 0 Å². The molecule has 158 valence electrons. The molecule has 1 aliphatic carbocycles. The molecule has 4 aromatic rings. The van der Waals surface area contributed by atoms with E-state index in [2.05, 4.69) is 140 Å². The van der Waals surface area contributed by atoms with Crippen molar-refractivity contribution in [3.05, 3.63) is 149 Å². The quantitative estimate of drug-likeness (QED) is 0.240. The van der Waals surface area contributed by atoms with Crippen molar-refractivity contribution in [3.63, 3.8) is 0 Å². The maximum absolute atomic E-state index is 2.38. The molecule has 0 radical (unpaired) electrons. The molecule has 1 heteroatoms. The molecule has 0 aromatic heterocycles. The smallest absolute Gasteiger partial charge is 0.0311 e. The first-order valence-corrected chi connectivity index (χ1v) is 11.2. The average Bonchev–Trinajstić information content (AvgIpc) is 3.19. The maximum atomic E-state index is 2.38. The predicted molar refractivity (Wildman–Crippen MR) is 138 cm³/mol. The van der Waals surface area contributed by atoms with E-state index >= 15 is 0 Å². The molecule has 1 atom stereocenters. The Kier molecular flexibility index (Phi) is 7.53. The van der Waals surface area contributed by atoms with Gasteiger partial charge in [-0.2, -0.15) is 0 Å². The topological polar surface area (TPSA) is 0 Å². The third kappa shape index (κ3) is 5.00. The van der Waals surface area contributed by atoms with Crippen LogP contribution in [0.15, 0.2) is 127 Å². The van der Waals surface area contributed by atoms with Gasteiger partial charge in [-0.3, -0.25) is 0 Å². The third-order valence-corrected chi connectivity index (χ3v) is 6.15. The summed E-state index contributed by atoms with van der Waals surface area (Å²) < 4.78 is 0. The van der Waals surface area contributed by atoms with E-state index in [-0.39, 0.29) is 32.1 Å². The third-order valence-electron chi connectivity index (χ3n) is 6.15. The molecule has 1 aliphatic rings. The Morgan fingerprint density at radius 2 is 1.33 bits per heavy atom. The van der Waals surface area contributed by atoms with Crippen LogP contribution in [0.4, 0.5) is 0 Å². The summed E-state index contributed by atoms with van der Waals surface area (Å²) in [5, 5.41) is 0. The molecular weight excluding hydrogens is 476 g/mol. The zero-order valence-electron chi connectivity index (χ0n) is 18.8. The van der Waals surface area contributed by atoms with Crippen molar-refractivity contribution in [2.75, 3.05) is 0 Å². The number of fused-ring (bicyclic) bond motifs is 1. The van der Waals surface area contributed by atoms with Gasteiger partial charge in [0.15, 0.2) is 0 Å². The molecular formula is C32H26Zr. The number of benzene rings is 4. The summed E-state index contributed by atoms with van der Waals surface area (Å²) in [6.45, 7) is 2.26. The zero-order valence-corrected chi connectivity index (χ0v) is 21.2. The number of hydrogen-bond acceptors (Lipinski definition) is 0. The summed E-state index contributed by atoms with van der Waals surface area (Å²) >= 11 is 0. The van der Waals surface area contributed by atoms with Gasteiger partial charge in [0.05, 0.1) is 0 Å². The summed E-state index contributed by atoms with van der Waals surface area (Å²) in [5.41, 5.74) is 10.5. The van der Waals surface area contributed by atoms with Crippen LogP contribution in [0, 0.1) is 0 Å². The Labute approximate surface area is 216 Å². The summed E-state index contributed by atoms with van der Waals surface area (Å²) in [6.07, 6.45) is 9.02. The maximum Gasteiger partial charge on any atom is 0.0311 e. The molecule has 0 saturated heterocycles. The van der Waals surface area contributed by atoms with E-state index in [0.29, 0.717) is 0 Å². The van der Waals surface area contributed by atoms with E-state index in [9.17, 15) is 0 Å². The first kappa shape index (κ1) is 23.2. The average molecular weight is 502 g/mol. The molecule has 5 rings (SSSR count). The first-order chi connectivity index (χ1) is 15.8. The summed E-state index contributed by atoms with van der Waals surface area (Å²) in [7, 11) is 0. The van der Waals surface area contributed by atoms with Gasteiger partial charge in [0, 0.05) is 32.1 Å². The van der Waals surface area contributed by atoms with E-state index in [0.717, 1.165) is 0 Å². The van der Waals surface area contributed by atoms with Crippen LogP contribution >= 0.6 is 0 Å². The minimum atomic E-state index is 0. The van der Waals surface area contributed by atoms with Crippen molar-refractivity contribution < 1.29 is 26.2 Å². The minimum Gasteiger partial charge on any atom is -0.0622 e. The number of hydrogen-bond donors (Lipinski definition) is 0. The summed E-state index contributed by atoms with van der Waals surface area (Å²) in [4.78, 5) is 0. The minimum absolute atomic E-state index is 0. The van der Waals surface area contributed by atoms with Crippen LogP contribution in [0.2, 0.25) is 0 Å². The SMILES string of the molecule is CC1=Cc2c(-c3ccccc3)cccc2C1C(=CC=Cc1ccccc1)c1ccccc1.[Zr]. The molecule has 0 nitrogen and oxygen atoms in total. The fourth-order valence-electron chi connectivity index (χ4n) is 4.65. The van der Waals surface area contributed by atoms with Crippen LogP contribution in [0.25, 0.3) is 28.9 Å². The molecule has 0 saturated carbocycles. The molecule has 33 heavy (non-hydrogen) atoms. The van der Waals surface area contributed by atoms with E-state index in [1.165, 1.54) is 44.5 Å². The molecule has 0 heterocycles. The van der Waals surface area contributed by atoms with Crippen molar-refractivity contribution in [3.8, 4) is 11.1 Å². The Morgan fingerprint density at radius 1 is 0.697 bits per heavy atom. The van der Waals surface area contributed by atoms with Gasteiger partial charge in [-0.05, 0) is 45.9 Å². The molecule has 0 amide bonds. The van der Waals surface area contributed by atoms with Crippen molar-refractivity contribution in [1.29, 1.82) is 0 Å². The van der Waals surface area contributed by atoms with Crippen molar-refractivity contribution in [2.45, 2.75) is 12.8 Å². The van der Waals surface area contributed by atoms with Gasteiger partial charge < -0.3 is 0 Å². The Hall–Kier alpha value is -3.02. The molecule has 4 aromatic carbocycles. The van der Waals surface area contributed by atoms with Gasteiger partial charge in [-0.1, -0.05) is 139 Å². The van der Waals surface area contributed by atoms with E-state index in [1.807, 2.05) is 0 Å². The molecule has 0 spiro atoms. The largest absolute Gasteiger partial charge is 0.0622 e. The van der Waals surface area contributed by atoms with Crippen LogP contribution < -0.4 is 0 Å². The van der Waals surface area contributed by atoms with Gasteiger partial charge in [0.25, 0.3) is 0 Å². The van der Waals surface area contributed by atoms with Crippen molar-refractivity contribution in [2.24, 2.45) is 0 Å². The number of allylic oxidation sites excluding steroid dienone is 4. The molecule has 0 aliphatic heterocycles. The molecule has 0 fully saturated rings. The van der Waals surface area contributed by atoms with E-state index in [1.54, 1.807) is 0 Å². The fraction of sp³-hybridized carbons (Fsp3) is 0.0625. The zero-order chi connectivity index (χ0) is 21.8. The standard InChI is InChI=1S/C32H26.Zr/c1-24-23-31-28(26-16-7-3-8-17-26)20-12-22-30(31)32(24)29(27-18-9-4-10-19-27)21-11-15-25-13-5-2-6-14-25;/h2-23,32H,1H3;. The second-order valence-corrected chi connectivity index (χ2v) is 8.25. The van der Waals surface area contributed by atoms with Crippen LogP contribution in [-0.2, 0) is 26.2 Å². The molecule has 0 N–H and O–H groups in total. The van der Waals surface area contributed by atoms with Crippen LogP contribution in [-0.4, -0.2) is 0 Å². The fourth-order valence-corrected chi connectivity index (χ4v) is 4.65. The Morgan fingerprint density at radius 3 is 2.03 bits per heavy atom. The second kappa shape index (κ2) is 10.7. The Bertz CT molecular complexity index is 1300. The first-order valence-electron chi connectivity index (χ1n) is 11.2. The van der Waals surface area contributed by atoms with E-state index < -0.39 is 0 Å². The monoisotopic (exact) mass is 500 g/mol. The van der Waals surface area contributed by atoms with E-state index in [4.69, 9.17) is 0 Å². The predicted octanol–water partition coefficient (Wildman–Crippen LogP) is 8.65. The molecule has 1 unspecified atom stereocenters. The van der Waals surface area contributed by atoms with Crippen LogP contribution in [0.1, 0.15) is 35.1 Å². The summed E-state index contributed by atoms with van der Waals surface area (Å²) in [6, 6.07) is 38.7. The van der Waals surface area contributed by atoms with Gasteiger partial charge in [-0.25, -0.2) is 0 Å². The van der Waals surface area contributed by atoms with Crippen molar-refractivity contribution >= 4 is 17.7 Å². The summed E-state index contributed by atoms with van der Waals surface area (Å²) in [5.74, 6) is 0.247. The van der Waals surface area contributed by atoms with Crippen LogP contribution in [0.3, 0.4) is 0 Å². The van der Waals surface area contributed by atoms with Gasteiger partial charge in [0.1, 0.15) is 0 Å². The van der Waals surface area contributed by atoms with Crippen molar-refractivity contribution in [1.82, 2.24) is 0 Å². The van der Waals surface area contributed by atoms with Gasteiger partial charge in [-0.15, -0.1) is 0 Å². The van der Waals surface area contributed by atoms with Gasteiger partial charge >= 0.3 is 0 Å².